The van der Waals surface area contributed by atoms with Gasteiger partial charge < -0.3 is 10.6 Å². The highest BCUT2D eigenvalue weighted by molar-refractivity contribution is 5.76. The third kappa shape index (κ3) is 2.66. The molecule has 0 spiro atoms. The van der Waals surface area contributed by atoms with E-state index in [2.05, 4.69) is 22.4 Å². The molecule has 1 aliphatic rings. The number of nitrogens with two attached hydrogens (primary N) is 1. The molecule has 1 saturated heterocycles. The maximum Gasteiger partial charge on any atom is 0.244 e. The van der Waals surface area contributed by atoms with Crippen LogP contribution in [0.4, 0.5) is 0 Å². The standard InChI is InChI=1S/C11H20N6O/c1-3-4-9-5-16(6-10(9)12)11(18)7-17-8(2)13-14-15-17/h9-10H,3-7,12H2,1-2H3/t9-,10-/m0/s1. The van der Waals surface area contributed by atoms with E-state index in [1.165, 1.54) is 4.68 Å². The van der Waals surface area contributed by atoms with Crippen LogP contribution in [0, 0.1) is 12.8 Å². The van der Waals surface area contributed by atoms with Crippen LogP contribution in [-0.4, -0.2) is 50.1 Å². The number of likely N-dealkylation sites (tertiary alicyclic amines) is 1. The van der Waals surface area contributed by atoms with E-state index in [0.29, 0.717) is 18.3 Å². The van der Waals surface area contributed by atoms with Crippen molar-refractivity contribution in [2.75, 3.05) is 13.1 Å². The van der Waals surface area contributed by atoms with Gasteiger partial charge in [-0.1, -0.05) is 13.3 Å². The highest BCUT2D eigenvalue weighted by Gasteiger charge is 2.32. The van der Waals surface area contributed by atoms with Gasteiger partial charge >= 0.3 is 0 Å². The Balaban J connectivity index is 1.93. The number of carbonyl (C=O) groups excluding carboxylic acids is 1. The van der Waals surface area contributed by atoms with Gasteiger partial charge in [-0.25, -0.2) is 4.68 Å². The summed E-state index contributed by atoms with van der Waals surface area (Å²) in [5.74, 6) is 1.12. The number of rotatable bonds is 4. The molecule has 18 heavy (non-hydrogen) atoms. The predicted octanol–water partition coefficient (Wildman–Crippen LogP) is -0.433. The Kier molecular flexibility index (Phi) is 3.90. The van der Waals surface area contributed by atoms with E-state index < -0.39 is 0 Å². The highest BCUT2D eigenvalue weighted by Crippen LogP contribution is 2.20. The monoisotopic (exact) mass is 252 g/mol. The molecule has 1 fully saturated rings. The summed E-state index contributed by atoms with van der Waals surface area (Å²) >= 11 is 0. The van der Waals surface area contributed by atoms with Crippen LogP contribution < -0.4 is 5.73 Å². The fourth-order valence-corrected chi connectivity index (χ4v) is 2.40. The van der Waals surface area contributed by atoms with Gasteiger partial charge in [-0.3, -0.25) is 4.79 Å². The third-order valence-electron chi connectivity index (χ3n) is 3.50. The Hall–Kier alpha value is -1.50. The molecule has 100 valence electrons. The minimum atomic E-state index is 0.0412. The molecule has 0 saturated carbocycles. The minimum Gasteiger partial charge on any atom is -0.339 e. The molecule has 0 aromatic carbocycles. The van der Waals surface area contributed by atoms with Gasteiger partial charge in [-0.2, -0.15) is 0 Å². The maximum absolute atomic E-state index is 12.1. The zero-order valence-corrected chi connectivity index (χ0v) is 10.9. The van der Waals surface area contributed by atoms with Crippen LogP contribution >= 0.6 is 0 Å². The smallest absolute Gasteiger partial charge is 0.244 e. The Morgan fingerprint density at radius 1 is 1.50 bits per heavy atom. The Bertz CT molecular complexity index is 417. The highest BCUT2D eigenvalue weighted by atomic mass is 16.2. The van der Waals surface area contributed by atoms with Crippen molar-refractivity contribution >= 4 is 5.91 Å². The number of hydrogen-bond acceptors (Lipinski definition) is 5. The zero-order chi connectivity index (χ0) is 13.1. The minimum absolute atomic E-state index is 0.0412. The average Bonchev–Trinajstić information content (AvgIpc) is 2.88. The number of aryl methyl sites for hydroxylation is 1. The van der Waals surface area contributed by atoms with Crippen LogP contribution in [0.15, 0.2) is 0 Å². The van der Waals surface area contributed by atoms with Gasteiger partial charge in [0.2, 0.25) is 5.91 Å². The van der Waals surface area contributed by atoms with Crippen LogP contribution in [0.3, 0.4) is 0 Å². The second-order valence-electron chi connectivity index (χ2n) is 4.90. The SMILES string of the molecule is CCC[C@H]1CN(C(=O)Cn2nnnc2C)C[C@@H]1N. The summed E-state index contributed by atoms with van der Waals surface area (Å²) in [6, 6.07) is 0.101. The summed E-state index contributed by atoms with van der Waals surface area (Å²) < 4.78 is 1.51. The molecule has 7 heteroatoms. The molecule has 0 unspecified atom stereocenters. The number of amides is 1. The van der Waals surface area contributed by atoms with E-state index in [1.807, 2.05) is 4.90 Å². The molecule has 1 aromatic rings. The first kappa shape index (κ1) is 12.9. The summed E-state index contributed by atoms with van der Waals surface area (Å²) in [7, 11) is 0. The van der Waals surface area contributed by atoms with Gasteiger partial charge in [0.05, 0.1) is 0 Å². The molecule has 1 aliphatic heterocycles. The van der Waals surface area contributed by atoms with Crippen LogP contribution in [0.1, 0.15) is 25.6 Å². The number of hydrogen-bond donors (Lipinski definition) is 1. The molecule has 2 rings (SSSR count). The van der Waals surface area contributed by atoms with Gasteiger partial charge in [-0.15, -0.1) is 5.10 Å². The summed E-state index contributed by atoms with van der Waals surface area (Å²) in [4.78, 5) is 13.9. The zero-order valence-electron chi connectivity index (χ0n) is 10.9. The lowest BCUT2D eigenvalue weighted by molar-refractivity contribution is -0.131. The number of nitrogens with zero attached hydrogens (tertiary/aromatic N) is 5. The van der Waals surface area contributed by atoms with Crippen molar-refractivity contribution in [1.29, 1.82) is 0 Å². The van der Waals surface area contributed by atoms with E-state index in [-0.39, 0.29) is 18.5 Å². The van der Waals surface area contributed by atoms with Crippen molar-refractivity contribution in [2.45, 2.75) is 39.3 Å². The molecule has 2 N–H and O–H groups in total. The van der Waals surface area contributed by atoms with E-state index in [0.717, 1.165) is 19.4 Å². The quantitative estimate of drug-likeness (QED) is 0.785. The first-order chi connectivity index (χ1) is 8.61. The van der Waals surface area contributed by atoms with Crippen molar-refractivity contribution in [3.8, 4) is 0 Å². The lowest BCUT2D eigenvalue weighted by Gasteiger charge is -2.16. The predicted molar refractivity (Wildman–Crippen MR) is 65.5 cm³/mol. The summed E-state index contributed by atoms with van der Waals surface area (Å²) in [6.45, 7) is 5.52. The van der Waals surface area contributed by atoms with Gasteiger partial charge in [0.15, 0.2) is 0 Å². The Labute approximate surface area is 106 Å². The average molecular weight is 252 g/mol. The van der Waals surface area contributed by atoms with Crippen LogP contribution in [-0.2, 0) is 11.3 Å². The lowest BCUT2D eigenvalue weighted by atomic mass is 9.99. The van der Waals surface area contributed by atoms with Crippen molar-refractivity contribution in [3.05, 3.63) is 5.82 Å². The fraction of sp³-hybridized carbons (Fsp3) is 0.818. The number of tetrazole rings is 1. The van der Waals surface area contributed by atoms with Crippen molar-refractivity contribution in [3.63, 3.8) is 0 Å². The van der Waals surface area contributed by atoms with E-state index in [9.17, 15) is 4.79 Å². The van der Waals surface area contributed by atoms with E-state index in [4.69, 9.17) is 5.73 Å². The molecule has 2 atom stereocenters. The van der Waals surface area contributed by atoms with Gasteiger partial charge in [0.25, 0.3) is 0 Å². The molecular weight excluding hydrogens is 232 g/mol. The second kappa shape index (κ2) is 5.43. The molecule has 1 aromatic heterocycles. The lowest BCUT2D eigenvalue weighted by Crippen LogP contribution is -2.34. The van der Waals surface area contributed by atoms with Gasteiger partial charge in [0, 0.05) is 19.1 Å². The van der Waals surface area contributed by atoms with Crippen molar-refractivity contribution < 1.29 is 4.79 Å². The third-order valence-corrected chi connectivity index (χ3v) is 3.50. The van der Waals surface area contributed by atoms with E-state index >= 15 is 0 Å². The molecule has 7 nitrogen and oxygen atoms in total. The molecule has 2 heterocycles. The van der Waals surface area contributed by atoms with Crippen LogP contribution in [0.5, 0.6) is 0 Å². The summed E-state index contributed by atoms with van der Waals surface area (Å²) in [5.41, 5.74) is 6.06. The molecule has 0 radical (unpaired) electrons. The Morgan fingerprint density at radius 2 is 2.28 bits per heavy atom. The van der Waals surface area contributed by atoms with Crippen LogP contribution in [0.2, 0.25) is 0 Å². The topological polar surface area (TPSA) is 89.9 Å². The largest absolute Gasteiger partial charge is 0.339 e. The first-order valence-corrected chi connectivity index (χ1v) is 6.38. The molecule has 0 bridgehead atoms. The maximum atomic E-state index is 12.1. The number of carbonyl (C=O) groups is 1. The van der Waals surface area contributed by atoms with Gasteiger partial charge in [-0.05, 0) is 29.7 Å². The molecule has 1 amide bonds. The van der Waals surface area contributed by atoms with Crippen molar-refractivity contribution in [2.24, 2.45) is 11.7 Å². The van der Waals surface area contributed by atoms with Crippen molar-refractivity contribution in [1.82, 2.24) is 25.1 Å². The first-order valence-electron chi connectivity index (χ1n) is 6.38. The summed E-state index contributed by atoms with van der Waals surface area (Å²) in [6.07, 6.45) is 2.18. The number of aromatic nitrogens is 4. The Morgan fingerprint density at radius 3 is 2.89 bits per heavy atom. The van der Waals surface area contributed by atoms with E-state index in [1.54, 1.807) is 6.92 Å². The van der Waals surface area contributed by atoms with Crippen LogP contribution in [0.25, 0.3) is 0 Å². The summed E-state index contributed by atoms with van der Waals surface area (Å²) in [5, 5.41) is 11.1. The molecule has 0 aliphatic carbocycles. The fourth-order valence-electron chi connectivity index (χ4n) is 2.40. The normalized spacial score (nSPS) is 23.6. The second-order valence-corrected chi connectivity index (χ2v) is 4.90. The molecular formula is C11H20N6O. The van der Waals surface area contributed by atoms with Gasteiger partial charge in [0.1, 0.15) is 12.4 Å².